The van der Waals surface area contributed by atoms with Gasteiger partial charge in [-0.25, -0.2) is 0 Å². The Balaban J connectivity index is 1.45. The van der Waals surface area contributed by atoms with Crippen molar-refractivity contribution in [2.75, 3.05) is 12.5 Å². The zero-order valence-electron chi connectivity index (χ0n) is 22.0. The van der Waals surface area contributed by atoms with Crippen LogP contribution in [0.3, 0.4) is 0 Å². The highest BCUT2D eigenvalue weighted by Crippen LogP contribution is 2.69. The molecule has 0 heterocycles. The average molecular weight is 540 g/mol. The standard InChI is InChI=1S/C32H36ClF2NO2/c1-3-32(34,35)31(37)15-14-28-26-12-10-23-18-24(36-38-17-16-33)11-13-25(23)29(26)27(19-30(28,31)2)22-8-6-21(7-9-22)20-4-5-20/h1,6-9,18,20,26-28,37H,4-5,10-17,19H2,2H3/b36-24+/t26-,27?,28-,30-,31-/m0/s1. The molecule has 202 valence electrons. The fourth-order valence-corrected chi connectivity index (χ4v) is 8.33. The van der Waals surface area contributed by atoms with Crippen LogP contribution < -0.4 is 0 Å². The molecule has 1 N–H and O–H groups in total. The number of hydrogen-bond acceptors (Lipinski definition) is 3. The van der Waals surface area contributed by atoms with E-state index in [9.17, 15) is 5.11 Å². The van der Waals surface area contributed by atoms with Gasteiger partial charge in [0.25, 0.3) is 0 Å². The fraction of sp³-hybridized carbons (Fsp3) is 0.594. The first-order valence-corrected chi connectivity index (χ1v) is 14.6. The van der Waals surface area contributed by atoms with Gasteiger partial charge in [0, 0.05) is 11.3 Å². The molecule has 1 aromatic carbocycles. The van der Waals surface area contributed by atoms with Crippen molar-refractivity contribution in [2.45, 2.75) is 88.1 Å². The maximum atomic E-state index is 15.3. The van der Waals surface area contributed by atoms with Crippen LogP contribution in [0.4, 0.5) is 8.78 Å². The van der Waals surface area contributed by atoms with Crippen molar-refractivity contribution >= 4 is 17.3 Å². The van der Waals surface area contributed by atoms with Gasteiger partial charge in [-0.2, -0.15) is 8.78 Å². The Morgan fingerprint density at radius 2 is 1.87 bits per heavy atom. The van der Waals surface area contributed by atoms with Crippen molar-refractivity contribution in [1.82, 2.24) is 0 Å². The topological polar surface area (TPSA) is 41.8 Å². The zero-order chi connectivity index (χ0) is 26.7. The van der Waals surface area contributed by atoms with Gasteiger partial charge in [0.15, 0.2) is 0 Å². The van der Waals surface area contributed by atoms with Crippen molar-refractivity contribution in [3.8, 4) is 12.3 Å². The van der Waals surface area contributed by atoms with E-state index in [1.54, 1.807) is 5.92 Å². The van der Waals surface area contributed by atoms with Crippen molar-refractivity contribution < 1.29 is 18.7 Å². The van der Waals surface area contributed by atoms with Gasteiger partial charge in [-0.05, 0) is 110 Å². The average Bonchev–Trinajstić information content (AvgIpc) is 3.73. The molecule has 0 spiro atoms. The first-order valence-electron chi connectivity index (χ1n) is 14.1. The van der Waals surface area contributed by atoms with Crippen LogP contribution in [0.25, 0.3) is 0 Å². The lowest BCUT2D eigenvalue weighted by atomic mass is 9.50. The van der Waals surface area contributed by atoms with Crippen molar-refractivity contribution in [3.05, 3.63) is 58.2 Å². The molecule has 3 saturated carbocycles. The molecule has 38 heavy (non-hydrogen) atoms. The van der Waals surface area contributed by atoms with Crippen LogP contribution in [0.15, 0.2) is 52.2 Å². The predicted octanol–water partition coefficient (Wildman–Crippen LogP) is 7.51. The quantitative estimate of drug-likeness (QED) is 0.176. The third-order valence-electron chi connectivity index (χ3n) is 10.3. The first-order chi connectivity index (χ1) is 18.2. The second-order valence-corrected chi connectivity index (χ2v) is 12.6. The second kappa shape index (κ2) is 9.49. The molecule has 0 amide bonds. The summed E-state index contributed by atoms with van der Waals surface area (Å²) < 4.78 is 30.5. The SMILES string of the molecule is C#CC(F)(F)[C@]1(O)CC[C@H]2[C@@H]3CCC4=C/C(=N/OCCCl)CCC4=C3C(c3ccc(C4CC4)cc3)C[C@@]21C. The fourth-order valence-electron chi connectivity index (χ4n) is 8.26. The van der Waals surface area contributed by atoms with Gasteiger partial charge in [0.2, 0.25) is 0 Å². The van der Waals surface area contributed by atoms with Crippen LogP contribution in [0.5, 0.6) is 0 Å². The van der Waals surface area contributed by atoms with E-state index < -0.39 is 16.9 Å². The number of benzene rings is 1. The van der Waals surface area contributed by atoms with E-state index in [4.69, 9.17) is 22.9 Å². The van der Waals surface area contributed by atoms with Crippen molar-refractivity contribution in [3.63, 3.8) is 0 Å². The monoisotopic (exact) mass is 539 g/mol. The van der Waals surface area contributed by atoms with Crippen LogP contribution in [0.1, 0.15) is 87.7 Å². The number of terminal acetylenes is 1. The molecular weight excluding hydrogens is 504 g/mol. The van der Waals surface area contributed by atoms with Crippen molar-refractivity contribution in [2.24, 2.45) is 22.4 Å². The van der Waals surface area contributed by atoms with Gasteiger partial charge in [0.1, 0.15) is 12.2 Å². The van der Waals surface area contributed by atoms with Gasteiger partial charge in [-0.15, -0.1) is 18.0 Å². The van der Waals surface area contributed by atoms with Crippen LogP contribution in [-0.4, -0.2) is 34.8 Å². The summed E-state index contributed by atoms with van der Waals surface area (Å²) in [6.45, 7) is 2.27. The summed E-state index contributed by atoms with van der Waals surface area (Å²) in [6.07, 6.45) is 14.4. The Hall–Kier alpha value is -2.16. The molecule has 5 aliphatic rings. The number of aliphatic hydroxyl groups is 1. The molecule has 0 aliphatic heterocycles. The van der Waals surface area contributed by atoms with Gasteiger partial charge in [-0.3, -0.25) is 0 Å². The molecule has 1 aromatic rings. The maximum Gasteiger partial charge on any atom is 0.336 e. The van der Waals surface area contributed by atoms with Gasteiger partial charge in [0.05, 0.1) is 11.6 Å². The normalized spacial score (nSPS) is 35.7. The third-order valence-corrected chi connectivity index (χ3v) is 10.5. The number of nitrogens with zero attached hydrogens (tertiary/aromatic N) is 1. The van der Waals surface area contributed by atoms with E-state index in [1.165, 1.54) is 35.1 Å². The van der Waals surface area contributed by atoms with E-state index in [0.29, 0.717) is 31.2 Å². The van der Waals surface area contributed by atoms with Gasteiger partial charge < -0.3 is 9.94 Å². The highest BCUT2D eigenvalue weighted by atomic mass is 35.5. The zero-order valence-corrected chi connectivity index (χ0v) is 22.7. The van der Waals surface area contributed by atoms with Crippen molar-refractivity contribution in [1.29, 1.82) is 0 Å². The summed E-state index contributed by atoms with van der Waals surface area (Å²) >= 11 is 5.73. The van der Waals surface area contributed by atoms with Crippen LogP contribution >= 0.6 is 11.6 Å². The number of fused-ring (bicyclic) bond motifs is 4. The molecule has 5 aliphatic carbocycles. The van der Waals surface area contributed by atoms with E-state index in [0.717, 1.165) is 37.0 Å². The number of rotatable bonds is 6. The van der Waals surface area contributed by atoms with Crippen LogP contribution in [0, 0.1) is 29.6 Å². The minimum atomic E-state index is -3.57. The Labute approximate surface area is 229 Å². The number of hydrogen-bond donors (Lipinski definition) is 1. The molecule has 6 rings (SSSR count). The lowest BCUT2D eigenvalue weighted by molar-refractivity contribution is -0.209. The van der Waals surface area contributed by atoms with Gasteiger partial charge >= 0.3 is 5.92 Å². The molecule has 3 nitrogen and oxygen atoms in total. The van der Waals surface area contributed by atoms with E-state index in [1.807, 2.05) is 6.92 Å². The molecular formula is C32H36ClF2NO2. The number of halogens is 3. The Bertz CT molecular complexity index is 1240. The summed E-state index contributed by atoms with van der Waals surface area (Å²) in [5.41, 5.74) is 4.33. The molecule has 1 unspecified atom stereocenters. The van der Waals surface area contributed by atoms with E-state index in [-0.39, 0.29) is 24.2 Å². The number of allylic oxidation sites excluding steroid dienone is 4. The number of alkyl halides is 3. The summed E-state index contributed by atoms with van der Waals surface area (Å²) in [5.74, 6) is -0.748. The lowest BCUT2D eigenvalue weighted by Gasteiger charge is -2.55. The van der Waals surface area contributed by atoms with E-state index >= 15 is 8.78 Å². The first kappa shape index (κ1) is 26.1. The maximum absolute atomic E-state index is 15.3. The third kappa shape index (κ3) is 3.97. The summed E-state index contributed by atoms with van der Waals surface area (Å²) in [5, 5.41) is 16.0. The molecule has 0 bridgehead atoms. The summed E-state index contributed by atoms with van der Waals surface area (Å²) in [7, 11) is 0. The van der Waals surface area contributed by atoms with Crippen LogP contribution in [-0.2, 0) is 4.84 Å². The van der Waals surface area contributed by atoms with Crippen LogP contribution in [0.2, 0.25) is 0 Å². The summed E-state index contributed by atoms with van der Waals surface area (Å²) in [4.78, 5) is 5.35. The Morgan fingerprint density at radius 3 is 2.55 bits per heavy atom. The summed E-state index contributed by atoms with van der Waals surface area (Å²) in [6, 6.07) is 8.84. The molecule has 6 heteroatoms. The minimum absolute atomic E-state index is 0.0279. The van der Waals surface area contributed by atoms with E-state index in [2.05, 4.69) is 35.5 Å². The molecule has 3 fully saturated rings. The molecule has 5 atom stereocenters. The predicted molar refractivity (Wildman–Crippen MR) is 147 cm³/mol. The van der Waals surface area contributed by atoms with Gasteiger partial charge in [-0.1, -0.05) is 41.9 Å². The smallest absolute Gasteiger partial charge is 0.336 e. The lowest BCUT2D eigenvalue weighted by Crippen LogP contribution is -2.60. The second-order valence-electron chi connectivity index (χ2n) is 12.2. The molecule has 0 radical (unpaired) electrons. The molecule has 0 aromatic heterocycles. The minimum Gasteiger partial charge on any atom is -0.394 e. The number of oxime groups is 1. The highest BCUT2D eigenvalue weighted by molar-refractivity contribution is 6.18. The highest BCUT2D eigenvalue weighted by Gasteiger charge is 2.71. The Morgan fingerprint density at radius 1 is 1.13 bits per heavy atom. The Kier molecular flexibility index (Phi) is 6.51. The largest absolute Gasteiger partial charge is 0.394 e. The molecule has 0 saturated heterocycles.